The second kappa shape index (κ2) is 5.64. The van der Waals surface area contributed by atoms with Crippen LogP contribution in [0.4, 0.5) is 0 Å². The number of carbonyl (C=O) groups is 2. The Morgan fingerprint density at radius 1 is 1.05 bits per heavy atom. The molecule has 0 N–H and O–H groups in total. The van der Waals surface area contributed by atoms with Crippen molar-refractivity contribution in [2.45, 2.75) is 70.3 Å². The van der Waals surface area contributed by atoms with Gasteiger partial charge in [-0.05, 0) is 44.4 Å². The predicted molar refractivity (Wildman–Crippen MR) is 73.7 cm³/mol. The van der Waals surface area contributed by atoms with Crippen molar-refractivity contribution in [3.63, 3.8) is 0 Å². The number of likely N-dealkylation sites (tertiary alicyclic amines) is 1. The SMILES string of the molecule is O=C1CCCC1C1CCCN1C(=O)CC1CCCC1. The van der Waals surface area contributed by atoms with Gasteiger partial charge < -0.3 is 4.90 Å². The van der Waals surface area contributed by atoms with Crippen molar-refractivity contribution in [1.82, 2.24) is 4.90 Å². The topological polar surface area (TPSA) is 37.4 Å². The highest BCUT2D eigenvalue weighted by molar-refractivity contribution is 5.85. The maximum absolute atomic E-state index is 12.5. The molecule has 3 heteroatoms. The van der Waals surface area contributed by atoms with Crippen LogP contribution in [0.3, 0.4) is 0 Å². The van der Waals surface area contributed by atoms with Gasteiger partial charge in [-0.15, -0.1) is 0 Å². The maximum atomic E-state index is 12.5. The molecule has 3 nitrogen and oxygen atoms in total. The molecule has 2 aliphatic carbocycles. The van der Waals surface area contributed by atoms with Crippen molar-refractivity contribution in [2.24, 2.45) is 11.8 Å². The third-order valence-electron chi connectivity index (χ3n) is 5.37. The van der Waals surface area contributed by atoms with Crippen LogP contribution in [-0.4, -0.2) is 29.2 Å². The number of hydrogen-bond donors (Lipinski definition) is 0. The molecule has 3 fully saturated rings. The Bertz CT molecular complexity index is 360. The lowest BCUT2D eigenvalue weighted by Crippen LogP contribution is -2.41. The van der Waals surface area contributed by atoms with Gasteiger partial charge in [-0.25, -0.2) is 0 Å². The Hall–Kier alpha value is -0.860. The fourth-order valence-electron chi connectivity index (χ4n) is 4.35. The van der Waals surface area contributed by atoms with Gasteiger partial charge in [-0.3, -0.25) is 9.59 Å². The summed E-state index contributed by atoms with van der Waals surface area (Å²) in [7, 11) is 0. The third kappa shape index (κ3) is 2.70. The van der Waals surface area contributed by atoms with Crippen LogP contribution in [0.5, 0.6) is 0 Å². The van der Waals surface area contributed by atoms with E-state index >= 15 is 0 Å². The molecule has 2 saturated carbocycles. The van der Waals surface area contributed by atoms with E-state index < -0.39 is 0 Å². The molecule has 1 heterocycles. The van der Waals surface area contributed by atoms with E-state index in [1.54, 1.807) is 0 Å². The van der Waals surface area contributed by atoms with Crippen LogP contribution in [0.25, 0.3) is 0 Å². The molecule has 19 heavy (non-hydrogen) atoms. The van der Waals surface area contributed by atoms with Crippen molar-refractivity contribution < 1.29 is 9.59 Å². The zero-order valence-corrected chi connectivity index (χ0v) is 11.8. The standard InChI is InChI=1S/C16H25NO2/c18-15-9-3-7-13(15)14-8-4-10-17(14)16(19)11-12-5-1-2-6-12/h12-14H,1-11H2. The highest BCUT2D eigenvalue weighted by Gasteiger charge is 2.40. The minimum Gasteiger partial charge on any atom is -0.339 e. The lowest BCUT2D eigenvalue weighted by Gasteiger charge is -2.29. The largest absolute Gasteiger partial charge is 0.339 e. The van der Waals surface area contributed by atoms with Crippen LogP contribution in [0, 0.1) is 11.8 Å². The van der Waals surface area contributed by atoms with Crippen LogP contribution in [0.2, 0.25) is 0 Å². The molecular formula is C16H25NO2. The number of hydrogen-bond acceptors (Lipinski definition) is 2. The summed E-state index contributed by atoms with van der Waals surface area (Å²) < 4.78 is 0. The molecule has 106 valence electrons. The zero-order valence-electron chi connectivity index (χ0n) is 11.8. The highest BCUT2D eigenvalue weighted by atomic mass is 16.2. The van der Waals surface area contributed by atoms with E-state index in [9.17, 15) is 9.59 Å². The predicted octanol–water partition coefficient (Wildman–Crippen LogP) is 2.93. The minimum absolute atomic E-state index is 0.162. The Morgan fingerprint density at radius 2 is 1.84 bits per heavy atom. The van der Waals surface area contributed by atoms with E-state index in [0.717, 1.165) is 45.1 Å². The molecule has 1 saturated heterocycles. The first-order valence-corrected chi connectivity index (χ1v) is 8.08. The number of rotatable bonds is 3. The number of nitrogens with zero attached hydrogens (tertiary/aromatic N) is 1. The van der Waals surface area contributed by atoms with Gasteiger partial charge >= 0.3 is 0 Å². The lowest BCUT2D eigenvalue weighted by atomic mass is 9.94. The van der Waals surface area contributed by atoms with Gasteiger partial charge in [0.2, 0.25) is 5.91 Å². The van der Waals surface area contributed by atoms with Gasteiger partial charge in [0.25, 0.3) is 0 Å². The van der Waals surface area contributed by atoms with Crippen LogP contribution in [-0.2, 0) is 9.59 Å². The fourth-order valence-corrected chi connectivity index (χ4v) is 4.35. The molecule has 0 aromatic heterocycles. The summed E-state index contributed by atoms with van der Waals surface area (Å²) in [5.41, 5.74) is 0. The van der Waals surface area contributed by atoms with Crippen LogP contribution >= 0.6 is 0 Å². The number of amides is 1. The molecule has 3 aliphatic rings. The number of carbonyl (C=O) groups excluding carboxylic acids is 2. The molecular weight excluding hydrogens is 238 g/mol. The van der Waals surface area contributed by atoms with E-state index in [2.05, 4.69) is 4.90 Å². The Labute approximate surface area is 115 Å². The summed E-state index contributed by atoms with van der Waals surface area (Å²) in [6.45, 7) is 0.889. The van der Waals surface area contributed by atoms with Crippen molar-refractivity contribution in [2.75, 3.05) is 6.54 Å². The smallest absolute Gasteiger partial charge is 0.223 e. The van der Waals surface area contributed by atoms with Gasteiger partial charge in [-0.2, -0.15) is 0 Å². The van der Waals surface area contributed by atoms with E-state index in [4.69, 9.17) is 0 Å². The van der Waals surface area contributed by atoms with E-state index in [1.165, 1.54) is 25.7 Å². The number of ketones is 1. The van der Waals surface area contributed by atoms with Gasteiger partial charge in [0, 0.05) is 31.3 Å². The second-order valence-electron chi connectivity index (χ2n) is 6.62. The quantitative estimate of drug-likeness (QED) is 0.785. The molecule has 0 radical (unpaired) electrons. The summed E-state index contributed by atoms with van der Waals surface area (Å²) >= 11 is 0. The van der Waals surface area contributed by atoms with Gasteiger partial charge in [0.1, 0.15) is 5.78 Å². The van der Waals surface area contributed by atoms with Gasteiger partial charge in [-0.1, -0.05) is 12.8 Å². The maximum Gasteiger partial charge on any atom is 0.223 e. The molecule has 3 rings (SSSR count). The summed E-state index contributed by atoms with van der Waals surface area (Å²) in [6.07, 6.45) is 10.7. The second-order valence-corrected chi connectivity index (χ2v) is 6.62. The summed E-state index contributed by atoms with van der Waals surface area (Å²) in [5, 5.41) is 0. The Balaban J connectivity index is 1.61. The third-order valence-corrected chi connectivity index (χ3v) is 5.37. The van der Waals surface area contributed by atoms with Crippen LogP contribution in [0.15, 0.2) is 0 Å². The highest BCUT2D eigenvalue weighted by Crippen LogP contribution is 2.35. The van der Waals surface area contributed by atoms with E-state index in [1.807, 2.05) is 0 Å². The molecule has 2 unspecified atom stereocenters. The van der Waals surface area contributed by atoms with Crippen molar-refractivity contribution in [1.29, 1.82) is 0 Å². The summed E-state index contributed by atoms with van der Waals surface area (Å²) in [4.78, 5) is 26.5. The van der Waals surface area contributed by atoms with Crippen molar-refractivity contribution >= 4 is 11.7 Å². The summed E-state index contributed by atoms with van der Waals surface area (Å²) in [6, 6.07) is 0.240. The zero-order chi connectivity index (χ0) is 13.2. The summed E-state index contributed by atoms with van der Waals surface area (Å²) in [5.74, 6) is 1.52. The minimum atomic E-state index is 0.162. The van der Waals surface area contributed by atoms with Gasteiger partial charge in [0.05, 0.1) is 0 Å². The average Bonchev–Trinajstić information content (AvgIpc) is 3.07. The van der Waals surface area contributed by atoms with Crippen molar-refractivity contribution in [3.05, 3.63) is 0 Å². The molecule has 1 amide bonds. The molecule has 0 bridgehead atoms. The average molecular weight is 263 g/mol. The normalized spacial score (nSPS) is 32.4. The first-order valence-electron chi connectivity index (χ1n) is 8.08. The lowest BCUT2D eigenvalue weighted by molar-refractivity contribution is -0.135. The number of Topliss-reactive ketones (excluding diaryl/α,β-unsaturated/α-hetero) is 1. The molecule has 0 spiro atoms. The first-order chi connectivity index (χ1) is 9.25. The van der Waals surface area contributed by atoms with Crippen molar-refractivity contribution in [3.8, 4) is 0 Å². The van der Waals surface area contributed by atoms with E-state index in [0.29, 0.717) is 17.6 Å². The van der Waals surface area contributed by atoms with Crippen LogP contribution in [0.1, 0.15) is 64.2 Å². The fraction of sp³-hybridized carbons (Fsp3) is 0.875. The first kappa shape index (κ1) is 13.1. The molecule has 2 atom stereocenters. The monoisotopic (exact) mass is 263 g/mol. The molecule has 0 aromatic rings. The Kier molecular flexibility index (Phi) is 3.90. The van der Waals surface area contributed by atoms with E-state index in [-0.39, 0.29) is 12.0 Å². The van der Waals surface area contributed by atoms with Crippen LogP contribution < -0.4 is 0 Å². The Morgan fingerprint density at radius 3 is 2.53 bits per heavy atom. The molecule has 1 aliphatic heterocycles. The van der Waals surface area contributed by atoms with Gasteiger partial charge in [0.15, 0.2) is 0 Å². The molecule has 0 aromatic carbocycles.